The van der Waals surface area contributed by atoms with E-state index in [2.05, 4.69) is 10.1 Å². The molecule has 3 heterocycles. The molecule has 1 atom stereocenters. The smallest absolute Gasteiger partial charge is 0.298 e. The van der Waals surface area contributed by atoms with Gasteiger partial charge in [0.15, 0.2) is 0 Å². The number of nitrogens with zero attached hydrogens (tertiary/aromatic N) is 6. The quantitative estimate of drug-likeness (QED) is 0.724. The summed E-state index contributed by atoms with van der Waals surface area (Å²) < 4.78 is 3.57. The van der Waals surface area contributed by atoms with Crippen molar-refractivity contribution in [1.82, 2.24) is 19.6 Å². The molecule has 1 unspecified atom stereocenters. The van der Waals surface area contributed by atoms with Crippen molar-refractivity contribution in [2.45, 2.75) is 40.7 Å². The molecule has 0 aromatic carbocycles. The highest BCUT2D eigenvalue weighted by atomic mass is 16.2. The van der Waals surface area contributed by atoms with Gasteiger partial charge in [-0.1, -0.05) is 18.8 Å². The Morgan fingerprint density at radius 3 is 2.48 bits per heavy atom. The Hall–Kier alpha value is -2.84. The fourth-order valence-corrected chi connectivity index (χ4v) is 3.45. The number of aliphatic imine (C=N–C) groups is 1. The number of likely N-dealkylation sites (N-methyl/N-ethyl adjacent to an activating group) is 1. The number of urea groups is 1. The zero-order valence-electron chi connectivity index (χ0n) is 16.6. The predicted molar refractivity (Wildman–Crippen MR) is 98.8 cm³/mol. The standard InChI is InChI=1S/C18H25N6O3/c1-10(2)8-22-14-15(19-17(22)24-12(4)7-11(3)20-24)21(6)18(27)23(16(14)26)9-13(5)25/h7,10,14H,8-9H2,1-6H3/q+1. The van der Waals surface area contributed by atoms with Gasteiger partial charge in [-0.15, -0.1) is 9.78 Å². The Bertz CT molecular complexity index is 895. The lowest BCUT2D eigenvalue weighted by Crippen LogP contribution is -2.63. The van der Waals surface area contributed by atoms with Gasteiger partial charge < -0.3 is 0 Å². The maximum absolute atomic E-state index is 13.1. The summed E-state index contributed by atoms with van der Waals surface area (Å²) in [5, 5.41) is 4.49. The third-order valence-corrected chi connectivity index (χ3v) is 4.53. The molecule has 2 aliphatic heterocycles. The summed E-state index contributed by atoms with van der Waals surface area (Å²) in [6.45, 7) is 9.59. The van der Waals surface area contributed by atoms with Crippen LogP contribution in [0.25, 0.3) is 0 Å². The molecule has 9 heteroatoms. The van der Waals surface area contributed by atoms with Crippen molar-refractivity contribution in [2.75, 3.05) is 20.1 Å². The minimum atomic E-state index is -0.742. The van der Waals surface area contributed by atoms with Crippen molar-refractivity contribution in [3.63, 3.8) is 0 Å². The van der Waals surface area contributed by atoms with E-state index >= 15 is 0 Å². The maximum atomic E-state index is 13.1. The Morgan fingerprint density at radius 1 is 1.30 bits per heavy atom. The van der Waals surface area contributed by atoms with Gasteiger partial charge in [-0.3, -0.25) is 19.4 Å². The monoisotopic (exact) mass is 373 g/mol. The highest BCUT2D eigenvalue weighted by Crippen LogP contribution is 2.22. The van der Waals surface area contributed by atoms with E-state index in [-0.39, 0.29) is 18.2 Å². The summed E-state index contributed by atoms with van der Waals surface area (Å²) in [5.41, 5.74) is 1.73. The summed E-state index contributed by atoms with van der Waals surface area (Å²) in [6.07, 6.45) is 0. The number of carbonyl (C=O) groups is 3. The average molecular weight is 373 g/mol. The summed E-state index contributed by atoms with van der Waals surface area (Å²) >= 11 is 0. The molecule has 3 amide bonds. The summed E-state index contributed by atoms with van der Waals surface area (Å²) in [7, 11) is 1.57. The number of hydrogen-bond acceptors (Lipinski definition) is 5. The average Bonchev–Trinajstić information content (AvgIpc) is 3.08. The molecule has 0 radical (unpaired) electrons. The zero-order valence-corrected chi connectivity index (χ0v) is 16.6. The van der Waals surface area contributed by atoms with Crippen molar-refractivity contribution in [1.29, 1.82) is 0 Å². The lowest BCUT2D eigenvalue weighted by molar-refractivity contribution is -0.543. The van der Waals surface area contributed by atoms with Crippen molar-refractivity contribution in [2.24, 2.45) is 10.9 Å². The number of aryl methyl sites for hydroxylation is 2. The molecule has 0 spiro atoms. The van der Waals surface area contributed by atoms with Crippen molar-refractivity contribution in [3.8, 4) is 0 Å². The molecular weight excluding hydrogens is 348 g/mol. The van der Waals surface area contributed by atoms with E-state index in [0.717, 1.165) is 16.3 Å². The number of imide groups is 1. The number of hydrogen-bond donors (Lipinski definition) is 0. The highest BCUT2D eigenvalue weighted by molar-refractivity contribution is 6.23. The number of aromatic nitrogens is 2. The van der Waals surface area contributed by atoms with Crippen LogP contribution in [-0.2, 0) is 9.59 Å². The van der Waals surface area contributed by atoms with Gasteiger partial charge in [0.1, 0.15) is 11.5 Å². The second-order valence-electron chi connectivity index (χ2n) is 7.53. The van der Waals surface area contributed by atoms with E-state index in [0.29, 0.717) is 18.3 Å². The zero-order chi connectivity index (χ0) is 20.0. The lowest BCUT2D eigenvalue weighted by atomic mass is 10.1. The number of carbonyl (C=O) groups excluding carboxylic acids is 3. The first-order valence-electron chi connectivity index (χ1n) is 8.96. The highest BCUT2D eigenvalue weighted by Gasteiger charge is 2.53. The topological polar surface area (TPSA) is 90.9 Å². The van der Waals surface area contributed by atoms with E-state index in [1.807, 2.05) is 38.3 Å². The van der Waals surface area contributed by atoms with Crippen LogP contribution >= 0.6 is 0 Å². The summed E-state index contributed by atoms with van der Waals surface area (Å²) in [6, 6.07) is 0.652. The Morgan fingerprint density at radius 2 is 1.96 bits per heavy atom. The molecule has 3 rings (SSSR count). The molecular formula is C18H25N6O3+. The fraction of sp³-hybridized carbons (Fsp3) is 0.556. The number of rotatable bonds is 4. The van der Waals surface area contributed by atoms with E-state index in [4.69, 9.17) is 0 Å². The molecule has 27 heavy (non-hydrogen) atoms. The molecule has 1 fully saturated rings. The van der Waals surface area contributed by atoms with Gasteiger partial charge in [0.05, 0.1) is 18.8 Å². The molecule has 144 valence electrons. The largest absolute Gasteiger partial charge is 0.421 e. The van der Waals surface area contributed by atoms with Crippen LogP contribution < -0.4 is 0 Å². The van der Waals surface area contributed by atoms with Gasteiger partial charge in [0.25, 0.3) is 5.91 Å². The molecule has 9 nitrogen and oxygen atoms in total. The molecule has 1 aromatic heterocycles. The molecule has 1 aromatic rings. The summed E-state index contributed by atoms with van der Waals surface area (Å²) in [5.74, 6) is 0.467. The van der Waals surface area contributed by atoms with Crippen LogP contribution in [0.1, 0.15) is 32.2 Å². The van der Waals surface area contributed by atoms with Crippen LogP contribution in [0.2, 0.25) is 0 Å². The number of Topliss-reactive ketones (excluding diaryl/α,β-unsaturated/α-hetero) is 1. The molecule has 0 saturated carbocycles. The second-order valence-corrected chi connectivity index (χ2v) is 7.53. The van der Waals surface area contributed by atoms with E-state index in [9.17, 15) is 14.4 Å². The molecule has 0 bridgehead atoms. The van der Waals surface area contributed by atoms with Gasteiger partial charge in [-0.2, -0.15) is 0 Å². The third kappa shape index (κ3) is 3.17. The van der Waals surface area contributed by atoms with Gasteiger partial charge in [-0.25, -0.2) is 9.37 Å². The number of amidine groups is 1. The first-order valence-corrected chi connectivity index (χ1v) is 8.96. The molecule has 0 aliphatic carbocycles. The normalized spacial score (nSPS) is 20.0. The van der Waals surface area contributed by atoms with E-state index in [1.54, 1.807) is 11.7 Å². The number of fused-ring (bicyclic) bond motifs is 1. The van der Waals surface area contributed by atoms with Gasteiger partial charge in [0, 0.05) is 7.05 Å². The van der Waals surface area contributed by atoms with Crippen LogP contribution in [0.4, 0.5) is 4.79 Å². The number of ketones is 1. The van der Waals surface area contributed by atoms with Crippen LogP contribution in [0.5, 0.6) is 0 Å². The molecule has 2 aliphatic rings. The lowest BCUT2D eigenvalue weighted by Gasteiger charge is -2.33. The summed E-state index contributed by atoms with van der Waals surface area (Å²) in [4.78, 5) is 44.3. The van der Waals surface area contributed by atoms with Crippen molar-refractivity contribution in [3.05, 3.63) is 17.5 Å². The first-order chi connectivity index (χ1) is 12.6. The third-order valence-electron chi connectivity index (χ3n) is 4.53. The van der Waals surface area contributed by atoms with Crippen molar-refractivity contribution >= 4 is 29.5 Å². The predicted octanol–water partition coefficient (Wildman–Crippen LogP) is 0.636. The van der Waals surface area contributed by atoms with E-state index < -0.39 is 18.0 Å². The Kier molecular flexibility index (Phi) is 4.71. The fourth-order valence-electron chi connectivity index (χ4n) is 3.45. The van der Waals surface area contributed by atoms with Crippen LogP contribution in [0, 0.1) is 19.8 Å². The van der Waals surface area contributed by atoms with Crippen LogP contribution in [0.3, 0.4) is 0 Å². The molecule has 1 saturated heterocycles. The van der Waals surface area contributed by atoms with Gasteiger partial charge in [0.2, 0.25) is 11.9 Å². The van der Waals surface area contributed by atoms with Crippen LogP contribution in [-0.4, -0.2) is 79.9 Å². The number of amides is 3. The molecule has 0 N–H and O–H groups in total. The second kappa shape index (κ2) is 6.71. The Balaban J connectivity index is 2.14. The SMILES string of the molecule is CC(=O)CN1C(=O)C2C(=NC(n3nc(C)cc3C)=[N+]2CC(C)C)N(C)C1=O. The minimum Gasteiger partial charge on any atom is -0.298 e. The Labute approximate surface area is 158 Å². The van der Waals surface area contributed by atoms with Gasteiger partial charge >= 0.3 is 12.0 Å². The van der Waals surface area contributed by atoms with Gasteiger partial charge in [-0.05, 0) is 32.8 Å². The first kappa shape index (κ1) is 18.9. The van der Waals surface area contributed by atoms with Crippen molar-refractivity contribution < 1.29 is 19.0 Å². The maximum Gasteiger partial charge on any atom is 0.421 e. The van der Waals surface area contributed by atoms with Crippen LogP contribution in [0.15, 0.2) is 11.1 Å². The van der Waals surface area contributed by atoms with E-state index in [1.165, 1.54) is 11.8 Å². The minimum absolute atomic E-state index is 0.240.